The molecular formula is C28H48N10O9. The second-order valence-corrected chi connectivity index (χ2v) is 11.7. The summed E-state index contributed by atoms with van der Waals surface area (Å²) in [6, 6.07) is -7.35. The number of carboxylic acids is 1. The summed E-state index contributed by atoms with van der Waals surface area (Å²) in [6.07, 6.45) is -0.556. The number of hydrogen-bond acceptors (Lipinski definition) is 10. The molecule has 13 N–H and O–H groups in total. The predicted molar refractivity (Wildman–Crippen MR) is 167 cm³/mol. The van der Waals surface area contributed by atoms with Crippen molar-refractivity contribution in [2.24, 2.45) is 27.9 Å². The van der Waals surface area contributed by atoms with Gasteiger partial charge < -0.3 is 58.9 Å². The van der Waals surface area contributed by atoms with Crippen LogP contribution in [0.2, 0.25) is 0 Å². The average molecular weight is 669 g/mol. The number of carbonyl (C=O) groups excluding carboxylic acids is 6. The van der Waals surface area contributed by atoms with Crippen LogP contribution in [0.15, 0.2) is 4.99 Å². The maximum absolute atomic E-state index is 13.5. The van der Waals surface area contributed by atoms with Gasteiger partial charge in [0.15, 0.2) is 5.96 Å². The van der Waals surface area contributed by atoms with Crippen molar-refractivity contribution in [3.8, 4) is 0 Å². The summed E-state index contributed by atoms with van der Waals surface area (Å²) in [4.78, 5) is 96.0. The Hall–Kier alpha value is -4.52. The van der Waals surface area contributed by atoms with Crippen molar-refractivity contribution in [3.63, 3.8) is 0 Å². The Morgan fingerprint density at radius 2 is 1.47 bits per heavy atom. The number of aliphatic hydroxyl groups is 1. The van der Waals surface area contributed by atoms with Gasteiger partial charge in [0.25, 0.3) is 0 Å². The Kier molecular flexibility index (Phi) is 14.8. The Morgan fingerprint density at radius 1 is 0.872 bits per heavy atom. The number of amides is 6. The molecule has 2 rings (SSSR count). The van der Waals surface area contributed by atoms with Gasteiger partial charge in [0.2, 0.25) is 35.4 Å². The lowest BCUT2D eigenvalue weighted by Gasteiger charge is -2.31. The Bertz CT molecular complexity index is 1210. The van der Waals surface area contributed by atoms with Gasteiger partial charge in [-0.25, -0.2) is 0 Å². The molecule has 2 heterocycles. The van der Waals surface area contributed by atoms with Gasteiger partial charge in [0.05, 0.1) is 18.6 Å². The minimum atomic E-state index is -1.69. The van der Waals surface area contributed by atoms with Crippen LogP contribution in [0.3, 0.4) is 0 Å². The number of nitrogens with one attached hydrogen (secondary N) is 3. The van der Waals surface area contributed by atoms with Gasteiger partial charge in [-0.3, -0.25) is 38.6 Å². The van der Waals surface area contributed by atoms with Crippen LogP contribution in [0.25, 0.3) is 0 Å². The molecule has 0 saturated carbocycles. The first-order chi connectivity index (χ1) is 22.1. The molecule has 0 unspecified atom stereocenters. The fourth-order valence-electron chi connectivity index (χ4n) is 5.59. The number of nitrogens with two attached hydrogens (primary N) is 4. The van der Waals surface area contributed by atoms with Crippen molar-refractivity contribution in [1.29, 1.82) is 0 Å². The van der Waals surface area contributed by atoms with E-state index in [0.29, 0.717) is 19.3 Å². The molecule has 0 aromatic carbocycles. The molecule has 6 amide bonds. The molecule has 47 heavy (non-hydrogen) atoms. The van der Waals surface area contributed by atoms with E-state index in [2.05, 4.69) is 20.9 Å². The van der Waals surface area contributed by atoms with Crippen LogP contribution in [0.4, 0.5) is 0 Å². The largest absolute Gasteiger partial charge is 0.481 e. The second kappa shape index (κ2) is 18.0. The number of rotatable bonds is 17. The lowest BCUT2D eigenvalue weighted by molar-refractivity contribution is -0.144. The van der Waals surface area contributed by atoms with E-state index in [1.54, 1.807) is 0 Å². The summed E-state index contributed by atoms with van der Waals surface area (Å²) in [6.45, 7) is 3.57. The normalized spacial score (nSPS) is 20.7. The van der Waals surface area contributed by atoms with Crippen LogP contribution in [0.5, 0.6) is 0 Å². The van der Waals surface area contributed by atoms with Gasteiger partial charge in [0, 0.05) is 19.6 Å². The van der Waals surface area contributed by atoms with Gasteiger partial charge in [-0.05, 0) is 51.9 Å². The quantitative estimate of drug-likeness (QED) is 0.0403. The summed E-state index contributed by atoms with van der Waals surface area (Å²) in [5.74, 6) is -6.28. The van der Waals surface area contributed by atoms with Crippen molar-refractivity contribution in [2.45, 2.75) is 108 Å². The van der Waals surface area contributed by atoms with Gasteiger partial charge in [0.1, 0.15) is 30.2 Å². The number of likely N-dealkylation sites (tertiary alicyclic amines) is 2. The highest BCUT2D eigenvalue weighted by atomic mass is 16.4. The highest BCUT2D eigenvalue weighted by Crippen LogP contribution is 2.20. The lowest BCUT2D eigenvalue weighted by atomic mass is 10.0. The first-order valence-corrected chi connectivity index (χ1v) is 15.6. The number of aliphatic hydroxyl groups excluding tert-OH is 1. The zero-order chi connectivity index (χ0) is 35.4. The third-order valence-electron chi connectivity index (χ3n) is 8.05. The SMILES string of the molecule is CC[C@@H](O)[C@H](NC(=O)[C@H](CC(=O)O)NC(=O)[C@@H]1CCCN1C(=O)[C@H](C)N)C(=O)N[C@@H](CCCN=C(N)N)C(=O)N1CCC[C@H]1C(N)=O. The monoisotopic (exact) mass is 668 g/mol. The fourth-order valence-corrected chi connectivity index (χ4v) is 5.59. The number of nitrogens with zero attached hydrogens (tertiary/aromatic N) is 3. The van der Waals surface area contributed by atoms with Crippen LogP contribution in [0, 0.1) is 0 Å². The van der Waals surface area contributed by atoms with Crippen molar-refractivity contribution < 1.29 is 43.8 Å². The lowest BCUT2D eigenvalue weighted by Crippen LogP contribution is -2.61. The van der Waals surface area contributed by atoms with Crippen molar-refractivity contribution in [3.05, 3.63) is 0 Å². The molecule has 19 heteroatoms. The van der Waals surface area contributed by atoms with Crippen LogP contribution in [0.1, 0.15) is 65.2 Å². The maximum atomic E-state index is 13.5. The van der Waals surface area contributed by atoms with E-state index in [1.165, 1.54) is 23.6 Å². The Morgan fingerprint density at radius 3 is 2.00 bits per heavy atom. The highest BCUT2D eigenvalue weighted by Gasteiger charge is 2.40. The zero-order valence-electron chi connectivity index (χ0n) is 26.7. The van der Waals surface area contributed by atoms with E-state index >= 15 is 0 Å². The molecule has 264 valence electrons. The van der Waals surface area contributed by atoms with E-state index in [9.17, 15) is 43.8 Å². The third-order valence-corrected chi connectivity index (χ3v) is 8.05. The van der Waals surface area contributed by atoms with Crippen molar-refractivity contribution >= 4 is 47.4 Å². The van der Waals surface area contributed by atoms with E-state index in [0.717, 1.165) is 0 Å². The van der Waals surface area contributed by atoms with Crippen LogP contribution >= 0.6 is 0 Å². The molecule has 0 spiro atoms. The fraction of sp³-hybridized carbons (Fsp3) is 0.714. The molecule has 0 aromatic rings. The molecule has 0 aliphatic carbocycles. The minimum Gasteiger partial charge on any atom is -0.481 e. The zero-order valence-corrected chi connectivity index (χ0v) is 26.7. The average Bonchev–Trinajstić information content (AvgIpc) is 3.70. The van der Waals surface area contributed by atoms with Gasteiger partial charge in [-0.15, -0.1) is 0 Å². The summed E-state index contributed by atoms with van der Waals surface area (Å²) in [7, 11) is 0. The third kappa shape index (κ3) is 11.1. The van der Waals surface area contributed by atoms with E-state index in [-0.39, 0.29) is 51.3 Å². The number of guanidine groups is 1. The van der Waals surface area contributed by atoms with Gasteiger partial charge in [-0.2, -0.15) is 0 Å². The first-order valence-electron chi connectivity index (χ1n) is 15.6. The van der Waals surface area contributed by atoms with E-state index < -0.39 is 90.2 Å². The molecule has 2 aliphatic heterocycles. The molecule has 2 fully saturated rings. The van der Waals surface area contributed by atoms with E-state index in [4.69, 9.17) is 22.9 Å². The number of carbonyl (C=O) groups is 7. The van der Waals surface area contributed by atoms with Crippen LogP contribution in [-0.4, -0.2) is 129 Å². The van der Waals surface area contributed by atoms with Crippen LogP contribution < -0.4 is 38.9 Å². The van der Waals surface area contributed by atoms with Crippen molar-refractivity contribution in [1.82, 2.24) is 25.8 Å². The highest BCUT2D eigenvalue weighted by molar-refractivity contribution is 5.98. The number of carboxylic acid groups (broad SMARTS) is 1. The summed E-state index contributed by atoms with van der Waals surface area (Å²) >= 11 is 0. The minimum absolute atomic E-state index is 0.0158. The van der Waals surface area contributed by atoms with E-state index in [1.807, 2.05) is 0 Å². The topological polar surface area (TPSA) is 319 Å². The molecule has 19 nitrogen and oxygen atoms in total. The molecule has 7 atom stereocenters. The molecule has 0 radical (unpaired) electrons. The summed E-state index contributed by atoms with van der Waals surface area (Å²) in [5.41, 5.74) is 21.9. The number of hydrogen-bond donors (Lipinski definition) is 9. The molecule has 0 aromatic heterocycles. The second-order valence-electron chi connectivity index (χ2n) is 11.7. The Labute approximate surface area is 272 Å². The smallest absolute Gasteiger partial charge is 0.305 e. The van der Waals surface area contributed by atoms with Gasteiger partial charge >= 0.3 is 5.97 Å². The van der Waals surface area contributed by atoms with Crippen LogP contribution in [-0.2, 0) is 33.6 Å². The molecule has 0 bridgehead atoms. The standard InChI is InChI=1S/C28H48N10O9/c1-3-19(39)21(25(45)34-15(7-4-10-33-28(31)32)27(47)37-11-5-8-17(37)22(30)42)36-23(43)16(13-20(40)41)35-24(44)18-9-6-12-38(18)26(46)14(2)29/h14-19,21,39H,3-13,29H2,1-2H3,(H2,30,42)(H,34,45)(H,35,44)(H,36,43)(H,40,41)(H4,31,32,33)/t14-,15-,16-,17-,18-,19+,21-/m0/s1. The number of aliphatic carboxylic acids is 1. The molecule has 2 aliphatic rings. The van der Waals surface area contributed by atoms with Crippen molar-refractivity contribution in [2.75, 3.05) is 19.6 Å². The summed E-state index contributed by atoms with van der Waals surface area (Å²) < 4.78 is 0. The maximum Gasteiger partial charge on any atom is 0.305 e. The summed E-state index contributed by atoms with van der Waals surface area (Å²) in [5, 5.41) is 27.4. The predicted octanol–water partition coefficient (Wildman–Crippen LogP) is -4.45. The Balaban J connectivity index is 2.27. The van der Waals surface area contributed by atoms with Gasteiger partial charge in [-0.1, -0.05) is 6.92 Å². The number of primary amides is 1. The molecular weight excluding hydrogens is 620 g/mol. The first kappa shape index (κ1) is 38.7. The number of aliphatic imine (C=N–C) groups is 1. The molecule has 2 saturated heterocycles.